The number of hydrogen-bond donors (Lipinski definition) is 0. The smallest absolute Gasteiger partial charge is 0.310 e. The number of nitrogens with zero attached hydrogens (tertiary/aromatic N) is 1. The highest BCUT2D eigenvalue weighted by atomic mass is 16.7. The van der Waals surface area contributed by atoms with E-state index in [1.165, 1.54) is 19.3 Å². The molecule has 2 heterocycles. The third kappa shape index (κ3) is 3.09. The molecule has 4 fully saturated rings. The molecular weight excluding hydrogens is 334 g/mol. The van der Waals surface area contributed by atoms with Gasteiger partial charge in [-0.25, -0.2) is 0 Å². The molecule has 2 aliphatic heterocycles. The highest BCUT2D eigenvalue weighted by molar-refractivity contribution is 5.75. The van der Waals surface area contributed by atoms with Crippen molar-refractivity contribution in [2.24, 2.45) is 23.2 Å². The second-order valence-electron chi connectivity index (χ2n) is 9.22. The molecule has 26 heavy (non-hydrogen) atoms. The van der Waals surface area contributed by atoms with Gasteiger partial charge >= 0.3 is 5.97 Å². The molecule has 0 aromatic carbocycles. The minimum absolute atomic E-state index is 0.0220. The molecule has 4 rings (SSSR count). The third-order valence-corrected chi connectivity index (χ3v) is 7.57. The van der Waals surface area contributed by atoms with Crippen LogP contribution in [0, 0.1) is 23.2 Å². The van der Waals surface area contributed by atoms with Crippen molar-refractivity contribution in [1.82, 2.24) is 4.90 Å². The van der Waals surface area contributed by atoms with Gasteiger partial charge in [0.2, 0.25) is 0 Å². The van der Waals surface area contributed by atoms with Crippen LogP contribution in [0.5, 0.6) is 0 Å². The zero-order valence-electron chi connectivity index (χ0n) is 16.5. The van der Waals surface area contributed by atoms with Crippen LogP contribution in [0.15, 0.2) is 0 Å². The number of carbonyl (C=O) groups is 1. The fourth-order valence-corrected chi connectivity index (χ4v) is 6.08. The van der Waals surface area contributed by atoms with Crippen molar-refractivity contribution in [3.63, 3.8) is 0 Å². The molecule has 0 amide bonds. The number of epoxide rings is 1. The van der Waals surface area contributed by atoms with Gasteiger partial charge in [-0.1, -0.05) is 6.92 Å². The summed E-state index contributed by atoms with van der Waals surface area (Å²) in [6.07, 6.45) is 5.52. The first-order chi connectivity index (χ1) is 12.4. The van der Waals surface area contributed by atoms with Crippen molar-refractivity contribution in [1.29, 1.82) is 0 Å². The lowest BCUT2D eigenvalue weighted by Gasteiger charge is -2.51. The lowest BCUT2D eigenvalue weighted by Crippen LogP contribution is -2.51. The highest BCUT2D eigenvalue weighted by Crippen LogP contribution is 2.62. The first-order valence-corrected chi connectivity index (χ1v) is 9.99. The number of ether oxygens (including phenoxy) is 4. The molecule has 6 atom stereocenters. The molecule has 1 spiro atoms. The van der Waals surface area contributed by atoms with E-state index in [0.29, 0.717) is 24.9 Å². The predicted octanol–water partition coefficient (Wildman–Crippen LogP) is 2.06. The fraction of sp³-hybridized carbons (Fsp3) is 0.950. The topological polar surface area (TPSA) is 60.5 Å². The summed E-state index contributed by atoms with van der Waals surface area (Å²) in [5.41, 5.74) is 0.367. The molecule has 6 nitrogen and oxygen atoms in total. The Morgan fingerprint density at radius 3 is 2.69 bits per heavy atom. The summed E-state index contributed by atoms with van der Waals surface area (Å²) in [5, 5.41) is 0. The van der Waals surface area contributed by atoms with Gasteiger partial charge in [-0.3, -0.25) is 4.79 Å². The summed E-state index contributed by atoms with van der Waals surface area (Å²) < 4.78 is 22.4. The van der Waals surface area contributed by atoms with Gasteiger partial charge in [0, 0.05) is 33.2 Å². The van der Waals surface area contributed by atoms with E-state index in [1.54, 1.807) is 14.2 Å². The van der Waals surface area contributed by atoms with Crippen LogP contribution in [0.1, 0.15) is 39.0 Å². The van der Waals surface area contributed by atoms with E-state index in [1.807, 2.05) is 7.05 Å². The number of likely N-dealkylation sites (N-methyl/N-ethyl adjacent to an activating group) is 1. The first-order valence-electron chi connectivity index (χ1n) is 9.99. The van der Waals surface area contributed by atoms with Crippen molar-refractivity contribution < 1.29 is 23.7 Å². The van der Waals surface area contributed by atoms with Crippen molar-refractivity contribution >= 4 is 5.97 Å². The lowest BCUT2D eigenvalue weighted by atomic mass is 9.53. The number of carbonyl (C=O) groups excluding carboxylic acids is 1. The molecule has 2 saturated carbocycles. The molecule has 0 aromatic heterocycles. The Hall–Kier alpha value is -0.690. The zero-order chi connectivity index (χ0) is 18.5. The molecule has 2 aliphatic carbocycles. The maximum absolute atomic E-state index is 12.6. The van der Waals surface area contributed by atoms with Crippen molar-refractivity contribution in [2.75, 3.05) is 41.0 Å². The molecule has 0 N–H and O–H groups in total. The molecule has 0 unspecified atom stereocenters. The van der Waals surface area contributed by atoms with E-state index in [-0.39, 0.29) is 35.3 Å². The number of methoxy groups -OCH3 is 2. The van der Waals surface area contributed by atoms with E-state index in [2.05, 4.69) is 11.8 Å². The minimum Gasteiger partial charge on any atom is -0.462 e. The van der Waals surface area contributed by atoms with E-state index in [4.69, 9.17) is 18.9 Å². The van der Waals surface area contributed by atoms with Crippen LogP contribution >= 0.6 is 0 Å². The van der Waals surface area contributed by atoms with E-state index < -0.39 is 0 Å². The Kier molecular flexibility index (Phi) is 4.83. The minimum atomic E-state index is -0.274. The van der Waals surface area contributed by atoms with Gasteiger partial charge < -0.3 is 23.8 Å². The second-order valence-corrected chi connectivity index (χ2v) is 9.22. The van der Waals surface area contributed by atoms with Crippen LogP contribution in [-0.2, 0) is 23.7 Å². The molecule has 0 radical (unpaired) electrons. The third-order valence-electron chi connectivity index (χ3n) is 7.57. The van der Waals surface area contributed by atoms with E-state index in [9.17, 15) is 4.79 Å². The second kappa shape index (κ2) is 6.73. The SMILES string of the molecule is COC(CN(C)C[C@H]1C(=O)O[C@@H]2C[C@@]3(C)CCC[C@]4(CO4)[C@@H]3C[C@@H]21)OC. The molecular formula is C20H33NO5. The van der Waals surface area contributed by atoms with E-state index >= 15 is 0 Å². The lowest BCUT2D eigenvalue weighted by molar-refractivity contribution is -0.147. The maximum Gasteiger partial charge on any atom is 0.310 e. The zero-order valence-corrected chi connectivity index (χ0v) is 16.5. The number of fused-ring (bicyclic) bond motifs is 3. The fourth-order valence-electron chi connectivity index (χ4n) is 6.08. The van der Waals surface area contributed by atoms with Crippen LogP contribution in [0.2, 0.25) is 0 Å². The van der Waals surface area contributed by atoms with Crippen molar-refractivity contribution in [2.45, 2.75) is 57.0 Å². The molecule has 2 saturated heterocycles. The number of rotatable bonds is 6. The normalized spacial score (nSPS) is 44.3. The van der Waals surface area contributed by atoms with E-state index in [0.717, 1.165) is 19.4 Å². The Balaban J connectivity index is 1.46. The Labute approximate surface area is 156 Å². The van der Waals surface area contributed by atoms with Gasteiger partial charge in [0.05, 0.1) is 18.1 Å². The average molecular weight is 367 g/mol. The van der Waals surface area contributed by atoms with Crippen LogP contribution < -0.4 is 0 Å². The summed E-state index contributed by atoms with van der Waals surface area (Å²) in [5.74, 6) is 0.802. The highest BCUT2D eigenvalue weighted by Gasteiger charge is 2.65. The predicted molar refractivity (Wildman–Crippen MR) is 95.5 cm³/mol. The molecule has 6 heteroatoms. The van der Waals surface area contributed by atoms with Crippen LogP contribution in [-0.4, -0.2) is 69.8 Å². The molecule has 148 valence electrons. The van der Waals surface area contributed by atoms with Crippen LogP contribution in [0.4, 0.5) is 0 Å². The number of hydrogen-bond acceptors (Lipinski definition) is 6. The Morgan fingerprint density at radius 2 is 2.04 bits per heavy atom. The van der Waals surface area contributed by atoms with Gasteiger partial charge in [-0.05, 0) is 50.5 Å². The monoisotopic (exact) mass is 367 g/mol. The first kappa shape index (κ1) is 18.7. The summed E-state index contributed by atoms with van der Waals surface area (Å²) in [4.78, 5) is 14.8. The maximum atomic E-state index is 12.6. The quantitative estimate of drug-likeness (QED) is 0.407. The van der Waals surface area contributed by atoms with Gasteiger partial charge in [0.1, 0.15) is 6.10 Å². The summed E-state index contributed by atoms with van der Waals surface area (Å²) in [6.45, 7) is 4.64. The standard InChI is InChI=1S/C20H33NO5/c1-19-6-5-7-20(12-25-20)16(19)8-13-14(18(22)26-15(13)9-19)10-21(2)11-17(23-3)24-4/h13-17H,5-12H2,1-4H3/t13-,14-,15-,16-,19-,20+/m1/s1. The van der Waals surface area contributed by atoms with Gasteiger partial charge in [-0.2, -0.15) is 0 Å². The summed E-state index contributed by atoms with van der Waals surface area (Å²) in [6, 6.07) is 0. The van der Waals surface area contributed by atoms with Gasteiger partial charge in [-0.15, -0.1) is 0 Å². The summed E-state index contributed by atoms with van der Waals surface area (Å²) >= 11 is 0. The van der Waals surface area contributed by atoms with Crippen molar-refractivity contribution in [3.8, 4) is 0 Å². The molecule has 4 aliphatic rings. The van der Waals surface area contributed by atoms with Crippen molar-refractivity contribution in [3.05, 3.63) is 0 Å². The van der Waals surface area contributed by atoms with Gasteiger partial charge in [0.25, 0.3) is 0 Å². The largest absolute Gasteiger partial charge is 0.462 e. The summed E-state index contributed by atoms with van der Waals surface area (Å²) in [7, 11) is 5.30. The number of esters is 1. The Morgan fingerprint density at radius 1 is 1.31 bits per heavy atom. The van der Waals surface area contributed by atoms with Crippen LogP contribution in [0.3, 0.4) is 0 Å². The van der Waals surface area contributed by atoms with Crippen LogP contribution in [0.25, 0.3) is 0 Å². The molecule has 0 aromatic rings. The molecule has 0 bridgehead atoms. The average Bonchev–Trinajstić information content (AvgIpc) is 3.31. The Bertz CT molecular complexity index is 546. The van der Waals surface area contributed by atoms with Gasteiger partial charge in [0.15, 0.2) is 6.29 Å².